The summed E-state index contributed by atoms with van der Waals surface area (Å²) in [5.41, 5.74) is 1.30. The number of halogens is 2. The van der Waals surface area contributed by atoms with Crippen LogP contribution in [0.25, 0.3) is 33.6 Å². The molecule has 3 heterocycles. The van der Waals surface area contributed by atoms with E-state index in [1.165, 1.54) is 48.4 Å². The minimum Gasteiger partial charge on any atom is -0.454 e. The van der Waals surface area contributed by atoms with Gasteiger partial charge in [-0.2, -0.15) is 0 Å². The van der Waals surface area contributed by atoms with Crippen LogP contribution < -0.4 is 15.0 Å². The summed E-state index contributed by atoms with van der Waals surface area (Å²) in [5, 5.41) is 0.253. The highest BCUT2D eigenvalue weighted by Crippen LogP contribution is 2.40. The van der Waals surface area contributed by atoms with Gasteiger partial charge in [-0.25, -0.2) is 22.2 Å². The largest absolute Gasteiger partial charge is 0.454 e. The summed E-state index contributed by atoms with van der Waals surface area (Å²) in [6.07, 6.45) is 4.51. The van der Waals surface area contributed by atoms with Crippen LogP contribution in [0.4, 0.5) is 14.5 Å². The fourth-order valence-corrected chi connectivity index (χ4v) is 4.42. The van der Waals surface area contributed by atoms with Crippen LogP contribution in [0.2, 0.25) is 0 Å². The number of benzene rings is 2. The lowest BCUT2D eigenvalue weighted by Crippen LogP contribution is -2.16. The number of nitrogens with one attached hydrogen (secondary N) is 2. The van der Waals surface area contributed by atoms with E-state index in [-0.39, 0.29) is 39.5 Å². The zero-order chi connectivity index (χ0) is 26.3. The molecule has 0 aliphatic heterocycles. The van der Waals surface area contributed by atoms with Crippen LogP contribution in [0.1, 0.15) is 6.92 Å². The number of pyridine rings is 1. The van der Waals surface area contributed by atoms with Gasteiger partial charge in [0.05, 0.1) is 23.7 Å². The van der Waals surface area contributed by atoms with Crippen molar-refractivity contribution in [3.8, 4) is 34.1 Å². The number of imidazole rings is 1. The molecule has 0 bridgehead atoms. The van der Waals surface area contributed by atoms with Crippen molar-refractivity contribution in [3.05, 3.63) is 83.2 Å². The molecule has 0 spiro atoms. The van der Waals surface area contributed by atoms with Crippen LogP contribution in [0.15, 0.2) is 70.4 Å². The van der Waals surface area contributed by atoms with Crippen LogP contribution in [0.5, 0.6) is 11.5 Å². The Morgan fingerprint density at radius 1 is 1.11 bits per heavy atom. The number of aryl methyl sites for hydroxylation is 1. The van der Waals surface area contributed by atoms with Crippen molar-refractivity contribution < 1.29 is 26.4 Å². The molecule has 0 aliphatic rings. The maximum atomic E-state index is 14.4. The number of fused-ring (bicyclic) bond motifs is 1. The van der Waals surface area contributed by atoms with Crippen molar-refractivity contribution in [3.63, 3.8) is 0 Å². The van der Waals surface area contributed by atoms with Crippen molar-refractivity contribution in [1.82, 2.24) is 14.5 Å². The Labute approximate surface area is 209 Å². The Morgan fingerprint density at radius 2 is 1.89 bits per heavy atom. The second kappa shape index (κ2) is 9.21. The topological polar surface area (TPSA) is 119 Å². The first kappa shape index (κ1) is 24.3. The van der Waals surface area contributed by atoms with Gasteiger partial charge in [0.25, 0.3) is 5.56 Å². The smallest absolute Gasteiger partial charge is 0.261 e. The average molecular weight is 527 g/mol. The van der Waals surface area contributed by atoms with Crippen molar-refractivity contribution in [2.24, 2.45) is 7.05 Å². The van der Waals surface area contributed by atoms with E-state index in [0.717, 1.165) is 12.1 Å². The third-order valence-corrected chi connectivity index (χ3v) is 6.96. The lowest BCUT2D eigenvalue weighted by Gasteiger charge is -2.15. The SMILES string of the molecule is CCS(=O)(=O)Nc1ccc(Oc2ccc(F)cc2F)c(-c2cn(C)c(=O)c3cc(-c4cnc[nH]4)oc23)c1. The van der Waals surface area contributed by atoms with E-state index >= 15 is 0 Å². The number of ether oxygens (including phenoxy) is 1. The molecule has 9 nitrogen and oxygen atoms in total. The van der Waals surface area contributed by atoms with Crippen molar-refractivity contribution in [2.75, 3.05) is 10.5 Å². The van der Waals surface area contributed by atoms with E-state index in [0.29, 0.717) is 28.6 Å². The average Bonchev–Trinajstić information content (AvgIpc) is 3.54. The molecule has 5 aromatic rings. The van der Waals surface area contributed by atoms with E-state index < -0.39 is 21.7 Å². The normalized spacial score (nSPS) is 11.7. The minimum atomic E-state index is -3.62. The summed E-state index contributed by atoms with van der Waals surface area (Å²) in [4.78, 5) is 19.8. The Bertz CT molecular complexity index is 1790. The highest BCUT2D eigenvalue weighted by molar-refractivity contribution is 7.92. The molecule has 0 aliphatic carbocycles. The molecule has 12 heteroatoms. The number of H-pyrrole nitrogens is 1. The number of sulfonamides is 1. The fourth-order valence-electron chi connectivity index (χ4n) is 3.79. The second-order valence-corrected chi connectivity index (χ2v) is 10.2. The number of nitrogens with zero attached hydrogens (tertiary/aromatic N) is 2. The molecule has 2 aromatic carbocycles. The van der Waals surface area contributed by atoms with Crippen LogP contribution in [-0.2, 0) is 17.1 Å². The van der Waals surface area contributed by atoms with Gasteiger partial charge < -0.3 is 18.7 Å². The maximum Gasteiger partial charge on any atom is 0.261 e. The van der Waals surface area contributed by atoms with Gasteiger partial charge in [0, 0.05) is 36.1 Å². The molecule has 2 N–H and O–H groups in total. The fraction of sp³-hybridized carbons (Fsp3) is 0.120. The van der Waals surface area contributed by atoms with E-state index in [1.54, 1.807) is 13.1 Å². The zero-order valence-electron chi connectivity index (χ0n) is 19.6. The molecule has 0 saturated heterocycles. The molecule has 0 amide bonds. The predicted octanol–water partition coefficient (Wildman–Crippen LogP) is 5.02. The van der Waals surface area contributed by atoms with Gasteiger partial charge in [-0.1, -0.05) is 0 Å². The summed E-state index contributed by atoms with van der Waals surface area (Å²) in [5.74, 6) is -1.63. The molecule has 3 aromatic heterocycles. The van der Waals surface area contributed by atoms with Gasteiger partial charge in [-0.05, 0) is 43.3 Å². The third kappa shape index (κ3) is 4.70. The molecular weight excluding hydrogens is 506 g/mol. The van der Waals surface area contributed by atoms with Gasteiger partial charge in [0.1, 0.15) is 22.8 Å². The number of furan rings is 1. The Morgan fingerprint density at radius 3 is 2.59 bits per heavy atom. The highest BCUT2D eigenvalue weighted by atomic mass is 32.2. The number of rotatable bonds is 7. The molecule has 0 saturated carbocycles. The number of aromatic amines is 1. The monoisotopic (exact) mass is 526 g/mol. The van der Waals surface area contributed by atoms with Crippen LogP contribution in [-0.4, -0.2) is 28.7 Å². The predicted molar refractivity (Wildman–Crippen MR) is 134 cm³/mol. The molecule has 0 atom stereocenters. The third-order valence-electron chi connectivity index (χ3n) is 5.65. The van der Waals surface area contributed by atoms with Gasteiger partial charge in [-0.3, -0.25) is 9.52 Å². The van der Waals surface area contributed by atoms with Crippen molar-refractivity contribution in [1.29, 1.82) is 0 Å². The van der Waals surface area contributed by atoms with E-state index in [9.17, 15) is 22.0 Å². The highest BCUT2D eigenvalue weighted by Gasteiger charge is 2.21. The molecule has 5 rings (SSSR count). The Balaban J connectivity index is 1.74. The van der Waals surface area contributed by atoms with E-state index in [4.69, 9.17) is 9.15 Å². The summed E-state index contributed by atoms with van der Waals surface area (Å²) in [6, 6.07) is 8.83. The van der Waals surface area contributed by atoms with Gasteiger partial charge in [0.2, 0.25) is 10.0 Å². The quantitative estimate of drug-likeness (QED) is 0.307. The van der Waals surface area contributed by atoms with Crippen LogP contribution >= 0.6 is 0 Å². The Hall–Kier alpha value is -4.45. The van der Waals surface area contributed by atoms with Gasteiger partial charge in [-0.15, -0.1) is 0 Å². The molecule has 0 radical (unpaired) electrons. The molecule has 190 valence electrons. The second-order valence-electron chi connectivity index (χ2n) is 8.17. The minimum absolute atomic E-state index is 0.115. The van der Waals surface area contributed by atoms with Crippen LogP contribution in [0, 0.1) is 11.6 Å². The molecule has 0 unspecified atom stereocenters. The zero-order valence-corrected chi connectivity index (χ0v) is 20.4. The summed E-state index contributed by atoms with van der Waals surface area (Å²) >= 11 is 0. The Kier molecular flexibility index (Phi) is 6.04. The first-order valence-electron chi connectivity index (χ1n) is 11.0. The molecular formula is C25H20F2N4O5S. The first-order chi connectivity index (χ1) is 17.6. The number of anilines is 1. The standard InChI is InChI=1S/C25H20F2N4O5S/c1-3-37(33,34)30-15-5-7-21(35-22-6-4-14(26)8-19(22)27)16(9-15)18-12-31(2)25(32)17-10-23(36-24(17)18)20-11-28-13-29-20/h4-13,30H,3H2,1-2H3,(H,28,29). The summed E-state index contributed by atoms with van der Waals surface area (Å²) in [6.45, 7) is 1.49. The lowest BCUT2D eigenvalue weighted by atomic mass is 10.0. The molecule has 0 fully saturated rings. The van der Waals surface area contributed by atoms with Crippen molar-refractivity contribution in [2.45, 2.75) is 6.92 Å². The van der Waals surface area contributed by atoms with Gasteiger partial charge in [0.15, 0.2) is 17.3 Å². The summed E-state index contributed by atoms with van der Waals surface area (Å²) < 4.78 is 67.9. The van der Waals surface area contributed by atoms with E-state index in [2.05, 4.69) is 14.7 Å². The maximum absolute atomic E-state index is 14.4. The summed E-state index contributed by atoms with van der Waals surface area (Å²) in [7, 11) is -2.07. The van der Waals surface area contributed by atoms with Gasteiger partial charge >= 0.3 is 0 Å². The first-order valence-corrected chi connectivity index (χ1v) is 12.7. The lowest BCUT2D eigenvalue weighted by molar-refractivity contribution is 0.439. The number of hydrogen-bond donors (Lipinski definition) is 2. The number of aromatic nitrogens is 3. The molecule has 37 heavy (non-hydrogen) atoms. The van der Waals surface area contributed by atoms with Crippen molar-refractivity contribution >= 4 is 26.7 Å². The van der Waals surface area contributed by atoms with Crippen LogP contribution in [0.3, 0.4) is 0 Å². The number of hydrogen-bond acceptors (Lipinski definition) is 6. The van der Waals surface area contributed by atoms with E-state index in [1.807, 2.05) is 0 Å².